The van der Waals surface area contributed by atoms with E-state index in [-0.39, 0.29) is 12.5 Å². The van der Waals surface area contributed by atoms with Crippen LogP contribution in [0.25, 0.3) is 10.9 Å². The Morgan fingerprint density at radius 2 is 2.27 bits per heavy atom. The van der Waals surface area contributed by atoms with Crippen molar-refractivity contribution in [3.8, 4) is 0 Å². The van der Waals surface area contributed by atoms with Gasteiger partial charge in [0.2, 0.25) is 0 Å². The van der Waals surface area contributed by atoms with E-state index in [0.29, 0.717) is 12.1 Å². The molecule has 0 fully saturated rings. The molecule has 5 nitrogen and oxygen atoms in total. The van der Waals surface area contributed by atoms with Gasteiger partial charge in [-0.25, -0.2) is 4.39 Å². The molecule has 0 aliphatic rings. The van der Waals surface area contributed by atoms with Gasteiger partial charge < -0.3 is 10.3 Å². The smallest absolute Gasteiger partial charge is 0.254 e. The highest BCUT2D eigenvalue weighted by molar-refractivity contribution is 5.93. The number of halogens is 1. The van der Waals surface area contributed by atoms with Crippen molar-refractivity contribution in [2.24, 2.45) is 0 Å². The minimum atomic E-state index is -0.501. The molecule has 3 aromatic rings. The van der Waals surface area contributed by atoms with Crippen LogP contribution in [0, 0.1) is 6.92 Å². The van der Waals surface area contributed by atoms with Gasteiger partial charge in [-0.15, -0.1) is 0 Å². The molecule has 0 saturated heterocycles. The largest absolute Gasteiger partial charge is 0.359 e. The first-order valence-electron chi connectivity index (χ1n) is 7.10. The predicted octanol–water partition coefficient (Wildman–Crippen LogP) is 2.57. The second-order valence-corrected chi connectivity index (χ2v) is 5.24. The molecule has 0 saturated carbocycles. The Hall–Kier alpha value is -2.63. The first-order chi connectivity index (χ1) is 10.7. The van der Waals surface area contributed by atoms with Crippen LogP contribution in [0.3, 0.4) is 0 Å². The van der Waals surface area contributed by atoms with Crippen molar-refractivity contribution in [1.82, 2.24) is 20.1 Å². The summed E-state index contributed by atoms with van der Waals surface area (Å²) in [6.07, 6.45) is 3.00. The fraction of sp³-hybridized carbons (Fsp3) is 0.250. The van der Waals surface area contributed by atoms with E-state index in [4.69, 9.17) is 0 Å². The van der Waals surface area contributed by atoms with Gasteiger partial charge in [0.1, 0.15) is 6.67 Å². The second-order valence-electron chi connectivity index (χ2n) is 5.24. The lowest BCUT2D eigenvalue weighted by molar-refractivity contribution is 0.0951. The van der Waals surface area contributed by atoms with Crippen LogP contribution >= 0.6 is 0 Å². The molecule has 0 spiro atoms. The number of amides is 1. The van der Waals surface area contributed by atoms with E-state index in [1.165, 1.54) is 10.9 Å². The van der Waals surface area contributed by atoms with Crippen LogP contribution in [0.5, 0.6) is 0 Å². The molecule has 1 amide bonds. The predicted molar refractivity (Wildman–Crippen MR) is 82.4 cm³/mol. The highest BCUT2D eigenvalue weighted by atomic mass is 19.1. The van der Waals surface area contributed by atoms with Crippen molar-refractivity contribution in [3.05, 3.63) is 53.5 Å². The zero-order chi connectivity index (χ0) is 15.5. The Bertz CT molecular complexity index is 805. The average Bonchev–Trinajstić information content (AvgIpc) is 3.10. The summed E-state index contributed by atoms with van der Waals surface area (Å²) < 4.78 is 13.6. The standard InChI is InChI=1S/C16H17FN4O/c1-11-6-13-7-12(2-3-15(13)20-11)8-18-16(22)14-9-19-21(10-14)5-4-17/h2-3,6-7,9-10,20H,4-5,8H2,1H3,(H,18,22). The number of hydrogen-bond acceptors (Lipinski definition) is 2. The molecule has 0 unspecified atom stereocenters. The fourth-order valence-electron chi connectivity index (χ4n) is 2.41. The van der Waals surface area contributed by atoms with Crippen LogP contribution in [-0.2, 0) is 13.1 Å². The third-order valence-corrected chi connectivity index (χ3v) is 3.48. The monoisotopic (exact) mass is 300 g/mol. The Labute approximate surface area is 127 Å². The highest BCUT2D eigenvalue weighted by Crippen LogP contribution is 2.16. The number of rotatable bonds is 5. The molecule has 22 heavy (non-hydrogen) atoms. The molecule has 6 heteroatoms. The summed E-state index contributed by atoms with van der Waals surface area (Å²) in [5.41, 5.74) is 3.65. The molecule has 2 heterocycles. The summed E-state index contributed by atoms with van der Waals surface area (Å²) in [5, 5.41) is 7.91. The van der Waals surface area contributed by atoms with Gasteiger partial charge in [0.15, 0.2) is 0 Å². The summed E-state index contributed by atoms with van der Waals surface area (Å²) in [6.45, 7) is 2.11. The molecule has 0 bridgehead atoms. The quantitative estimate of drug-likeness (QED) is 0.760. The summed E-state index contributed by atoms with van der Waals surface area (Å²) in [6, 6.07) is 8.10. The fourth-order valence-corrected chi connectivity index (χ4v) is 2.41. The minimum absolute atomic E-state index is 0.163. The summed E-state index contributed by atoms with van der Waals surface area (Å²) in [5.74, 6) is -0.213. The van der Waals surface area contributed by atoms with Gasteiger partial charge in [-0.2, -0.15) is 5.10 Å². The molecule has 0 aliphatic heterocycles. The van der Waals surface area contributed by atoms with Crippen molar-refractivity contribution in [3.63, 3.8) is 0 Å². The maximum Gasteiger partial charge on any atom is 0.254 e. The number of carbonyl (C=O) groups excluding carboxylic acids is 1. The molecule has 1 aromatic carbocycles. The Morgan fingerprint density at radius 3 is 3.09 bits per heavy atom. The third-order valence-electron chi connectivity index (χ3n) is 3.48. The molecule has 0 radical (unpaired) electrons. The van der Waals surface area contributed by atoms with Crippen molar-refractivity contribution in [2.45, 2.75) is 20.0 Å². The van der Waals surface area contributed by atoms with Gasteiger partial charge in [-0.05, 0) is 36.1 Å². The second kappa shape index (κ2) is 6.01. The van der Waals surface area contributed by atoms with Gasteiger partial charge in [0, 0.05) is 24.0 Å². The van der Waals surface area contributed by atoms with E-state index < -0.39 is 6.67 Å². The number of H-pyrrole nitrogens is 1. The molecule has 2 aromatic heterocycles. The number of nitrogens with zero attached hydrogens (tertiary/aromatic N) is 2. The number of hydrogen-bond donors (Lipinski definition) is 2. The van der Waals surface area contributed by atoms with Gasteiger partial charge >= 0.3 is 0 Å². The molecule has 0 atom stereocenters. The number of nitrogens with one attached hydrogen (secondary N) is 2. The van der Waals surface area contributed by atoms with Crippen molar-refractivity contribution < 1.29 is 9.18 Å². The molecular weight excluding hydrogens is 283 g/mol. The topological polar surface area (TPSA) is 62.7 Å². The molecular formula is C16H17FN4O. The first kappa shape index (κ1) is 14.3. The number of aromatic amines is 1. The normalized spacial score (nSPS) is 11.0. The summed E-state index contributed by atoms with van der Waals surface area (Å²) in [7, 11) is 0. The lowest BCUT2D eigenvalue weighted by Crippen LogP contribution is -2.22. The lowest BCUT2D eigenvalue weighted by atomic mass is 10.1. The number of aromatic nitrogens is 3. The number of benzene rings is 1. The Balaban J connectivity index is 1.65. The van der Waals surface area contributed by atoms with E-state index in [1.54, 1.807) is 6.20 Å². The lowest BCUT2D eigenvalue weighted by Gasteiger charge is -2.04. The number of carbonyl (C=O) groups is 1. The van der Waals surface area contributed by atoms with Gasteiger partial charge in [-0.1, -0.05) is 6.07 Å². The maximum atomic E-state index is 12.2. The van der Waals surface area contributed by atoms with Crippen LogP contribution in [0.1, 0.15) is 21.6 Å². The van der Waals surface area contributed by atoms with Gasteiger partial charge in [0.05, 0.1) is 18.3 Å². The third kappa shape index (κ3) is 3.00. The highest BCUT2D eigenvalue weighted by Gasteiger charge is 2.08. The maximum absolute atomic E-state index is 12.2. The number of alkyl halides is 1. The van der Waals surface area contributed by atoms with Crippen molar-refractivity contribution >= 4 is 16.8 Å². The van der Waals surface area contributed by atoms with Crippen molar-refractivity contribution in [2.75, 3.05) is 6.67 Å². The molecule has 2 N–H and O–H groups in total. The van der Waals surface area contributed by atoms with E-state index in [0.717, 1.165) is 22.2 Å². The molecule has 0 aliphatic carbocycles. The zero-order valence-electron chi connectivity index (χ0n) is 12.3. The molecule has 3 rings (SSSR count). The summed E-state index contributed by atoms with van der Waals surface area (Å²) in [4.78, 5) is 15.3. The van der Waals surface area contributed by atoms with Crippen LogP contribution < -0.4 is 5.32 Å². The van der Waals surface area contributed by atoms with Gasteiger partial charge in [0.25, 0.3) is 5.91 Å². The Kier molecular flexibility index (Phi) is 3.91. The first-order valence-corrected chi connectivity index (χ1v) is 7.10. The van der Waals surface area contributed by atoms with Crippen LogP contribution in [0.2, 0.25) is 0 Å². The van der Waals surface area contributed by atoms with Crippen LogP contribution in [-0.4, -0.2) is 27.3 Å². The Morgan fingerprint density at radius 1 is 1.41 bits per heavy atom. The SMILES string of the molecule is Cc1cc2cc(CNC(=O)c3cnn(CCF)c3)ccc2[nH]1. The van der Waals surface area contributed by atoms with E-state index in [9.17, 15) is 9.18 Å². The zero-order valence-corrected chi connectivity index (χ0v) is 12.3. The molecule has 114 valence electrons. The summed E-state index contributed by atoms with van der Waals surface area (Å²) >= 11 is 0. The number of fused-ring (bicyclic) bond motifs is 1. The van der Waals surface area contributed by atoms with Crippen molar-refractivity contribution in [1.29, 1.82) is 0 Å². The van der Waals surface area contributed by atoms with E-state index in [1.807, 2.05) is 25.1 Å². The van der Waals surface area contributed by atoms with Crippen LogP contribution in [0.15, 0.2) is 36.7 Å². The van der Waals surface area contributed by atoms with E-state index >= 15 is 0 Å². The van der Waals surface area contributed by atoms with Gasteiger partial charge in [-0.3, -0.25) is 9.48 Å². The van der Waals surface area contributed by atoms with Crippen LogP contribution in [0.4, 0.5) is 4.39 Å². The minimum Gasteiger partial charge on any atom is -0.359 e. The number of aryl methyl sites for hydroxylation is 2. The van der Waals surface area contributed by atoms with E-state index in [2.05, 4.69) is 21.5 Å². The average molecular weight is 300 g/mol.